The monoisotopic (exact) mass is 305 g/mol. The summed E-state index contributed by atoms with van der Waals surface area (Å²) in [5, 5.41) is 16.2. The van der Waals surface area contributed by atoms with Crippen molar-refractivity contribution in [2.45, 2.75) is 52.1 Å². The maximum atomic E-state index is 10.7. The maximum Gasteiger partial charge on any atom is 0.147 e. The molecule has 0 radical (unpaired) electrons. The third-order valence-corrected chi connectivity index (χ3v) is 5.74. The summed E-state index contributed by atoms with van der Waals surface area (Å²) in [7, 11) is 0. The molecule has 0 aliphatic heterocycles. The topological polar surface area (TPSA) is 58.0 Å². The summed E-state index contributed by atoms with van der Waals surface area (Å²) in [6.07, 6.45) is 5.44. The van der Waals surface area contributed by atoms with E-state index in [0.717, 1.165) is 41.7 Å². The Labute approximate surface area is 129 Å². The fourth-order valence-corrected chi connectivity index (χ4v) is 3.88. The summed E-state index contributed by atoms with van der Waals surface area (Å²) in [6.45, 7) is 7.18. The Kier molecular flexibility index (Phi) is 3.66. The van der Waals surface area contributed by atoms with Crippen LogP contribution in [0.4, 0.5) is 5.82 Å². The van der Waals surface area contributed by atoms with Gasteiger partial charge in [-0.25, -0.2) is 9.97 Å². The lowest BCUT2D eigenvalue weighted by atomic mass is 9.71. The van der Waals surface area contributed by atoms with Crippen LogP contribution in [0.1, 0.15) is 45.1 Å². The van der Waals surface area contributed by atoms with Crippen LogP contribution in [0.5, 0.6) is 0 Å². The fraction of sp³-hybridized carbons (Fsp3) is 0.625. The molecule has 0 aromatic carbocycles. The molecular weight excluding hydrogens is 282 g/mol. The molecule has 1 aliphatic rings. The number of anilines is 1. The fourth-order valence-electron chi connectivity index (χ4n) is 2.91. The van der Waals surface area contributed by atoms with E-state index in [1.807, 2.05) is 0 Å². The van der Waals surface area contributed by atoms with E-state index in [2.05, 4.69) is 41.4 Å². The molecule has 5 heteroatoms. The summed E-state index contributed by atoms with van der Waals surface area (Å²) < 4.78 is 1.08. The van der Waals surface area contributed by atoms with Crippen molar-refractivity contribution < 1.29 is 5.11 Å². The van der Waals surface area contributed by atoms with E-state index in [1.165, 1.54) is 5.56 Å². The number of aromatic nitrogens is 2. The van der Waals surface area contributed by atoms with E-state index < -0.39 is 5.60 Å². The zero-order valence-corrected chi connectivity index (χ0v) is 13.8. The molecule has 114 valence electrons. The van der Waals surface area contributed by atoms with Crippen LogP contribution in [0.2, 0.25) is 0 Å². The highest BCUT2D eigenvalue weighted by molar-refractivity contribution is 7.18. The maximum absolute atomic E-state index is 10.7. The summed E-state index contributed by atoms with van der Waals surface area (Å²) in [4.78, 5) is 8.67. The van der Waals surface area contributed by atoms with Gasteiger partial charge in [-0.05, 0) is 49.0 Å². The van der Waals surface area contributed by atoms with Crippen molar-refractivity contribution in [2.24, 2.45) is 5.41 Å². The summed E-state index contributed by atoms with van der Waals surface area (Å²) >= 11 is 1.66. The van der Waals surface area contributed by atoms with Crippen molar-refractivity contribution in [1.82, 2.24) is 9.97 Å². The second kappa shape index (κ2) is 5.21. The van der Waals surface area contributed by atoms with Gasteiger partial charge in [0.2, 0.25) is 0 Å². The molecule has 2 aromatic rings. The number of hydrogen-bond acceptors (Lipinski definition) is 5. The van der Waals surface area contributed by atoms with Crippen LogP contribution < -0.4 is 5.32 Å². The van der Waals surface area contributed by atoms with Crippen LogP contribution in [0.15, 0.2) is 11.7 Å². The number of fused-ring (bicyclic) bond motifs is 1. The lowest BCUT2D eigenvalue weighted by Gasteiger charge is -2.40. The van der Waals surface area contributed by atoms with E-state index in [0.29, 0.717) is 12.0 Å². The van der Waals surface area contributed by atoms with Gasteiger partial charge in [-0.3, -0.25) is 0 Å². The van der Waals surface area contributed by atoms with Gasteiger partial charge < -0.3 is 10.4 Å². The van der Waals surface area contributed by atoms with Gasteiger partial charge in [-0.1, -0.05) is 13.8 Å². The van der Waals surface area contributed by atoms with E-state index in [1.54, 1.807) is 17.7 Å². The Balaban J connectivity index is 1.72. The van der Waals surface area contributed by atoms with Crippen molar-refractivity contribution in [3.63, 3.8) is 0 Å². The molecule has 1 saturated carbocycles. The molecule has 4 nitrogen and oxygen atoms in total. The van der Waals surface area contributed by atoms with Crippen LogP contribution >= 0.6 is 11.3 Å². The van der Waals surface area contributed by atoms with Gasteiger partial charge >= 0.3 is 0 Å². The molecule has 1 aliphatic carbocycles. The SMILES string of the molecule is Cc1csc2c(NCC3(O)CCC(C)(C)CC3)ncnc12. The third kappa shape index (κ3) is 3.04. The van der Waals surface area contributed by atoms with Gasteiger partial charge in [-0.2, -0.15) is 0 Å². The predicted molar refractivity (Wildman–Crippen MR) is 87.8 cm³/mol. The molecule has 0 bridgehead atoms. The number of thiophene rings is 1. The number of aryl methyl sites for hydroxylation is 1. The van der Waals surface area contributed by atoms with Crippen LogP contribution in [0.3, 0.4) is 0 Å². The first-order valence-corrected chi connectivity index (χ1v) is 8.42. The first-order valence-electron chi connectivity index (χ1n) is 7.54. The Morgan fingerprint density at radius 3 is 2.67 bits per heavy atom. The third-order valence-electron chi connectivity index (χ3n) is 4.65. The molecule has 1 fully saturated rings. The average Bonchev–Trinajstić information content (AvgIpc) is 2.83. The predicted octanol–water partition coefficient (Wildman–Crippen LogP) is 3.74. The second-order valence-corrected chi connectivity index (χ2v) is 7.94. The Morgan fingerprint density at radius 2 is 1.95 bits per heavy atom. The molecule has 2 aromatic heterocycles. The van der Waals surface area contributed by atoms with E-state index >= 15 is 0 Å². The number of nitrogens with one attached hydrogen (secondary N) is 1. The standard InChI is InChI=1S/C16H23N3OS/c1-11-8-21-13-12(11)18-10-19-14(13)17-9-16(20)6-4-15(2,3)5-7-16/h8,10,20H,4-7,9H2,1-3H3,(H,17,18,19). The lowest BCUT2D eigenvalue weighted by Crippen LogP contribution is -2.42. The van der Waals surface area contributed by atoms with Crippen molar-refractivity contribution in [2.75, 3.05) is 11.9 Å². The van der Waals surface area contributed by atoms with Crippen LogP contribution in [0.25, 0.3) is 10.2 Å². The number of hydrogen-bond donors (Lipinski definition) is 2. The average molecular weight is 305 g/mol. The second-order valence-electron chi connectivity index (χ2n) is 7.06. The van der Waals surface area contributed by atoms with Crippen LogP contribution in [-0.4, -0.2) is 27.2 Å². The molecule has 0 spiro atoms. The molecule has 3 rings (SSSR count). The van der Waals surface area contributed by atoms with Crippen molar-refractivity contribution in [3.8, 4) is 0 Å². The minimum Gasteiger partial charge on any atom is -0.388 e. The number of nitrogens with zero attached hydrogens (tertiary/aromatic N) is 2. The Morgan fingerprint density at radius 1 is 1.24 bits per heavy atom. The van der Waals surface area contributed by atoms with E-state index in [4.69, 9.17) is 0 Å². The highest BCUT2D eigenvalue weighted by Crippen LogP contribution is 2.40. The smallest absolute Gasteiger partial charge is 0.147 e. The summed E-state index contributed by atoms with van der Waals surface area (Å²) in [5.41, 5.74) is 1.94. The molecule has 2 heterocycles. The first kappa shape index (κ1) is 14.7. The molecule has 21 heavy (non-hydrogen) atoms. The van der Waals surface area contributed by atoms with Crippen LogP contribution in [-0.2, 0) is 0 Å². The van der Waals surface area contributed by atoms with E-state index in [-0.39, 0.29) is 0 Å². The molecule has 0 unspecified atom stereocenters. The van der Waals surface area contributed by atoms with Crippen LogP contribution in [0, 0.1) is 12.3 Å². The number of aliphatic hydroxyl groups is 1. The van der Waals surface area contributed by atoms with Gasteiger partial charge in [0.05, 0.1) is 15.8 Å². The molecular formula is C16H23N3OS. The summed E-state index contributed by atoms with van der Waals surface area (Å²) in [6, 6.07) is 0. The highest BCUT2D eigenvalue weighted by atomic mass is 32.1. The quantitative estimate of drug-likeness (QED) is 0.907. The molecule has 0 saturated heterocycles. The van der Waals surface area contributed by atoms with Gasteiger partial charge in [0, 0.05) is 6.54 Å². The minimum absolute atomic E-state index is 0.360. The van der Waals surface area contributed by atoms with E-state index in [9.17, 15) is 5.11 Å². The summed E-state index contributed by atoms with van der Waals surface area (Å²) in [5.74, 6) is 0.844. The molecule has 0 amide bonds. The van der Waals surface area contributed by atoms with Crippen molar-refractivity contribution in [3.05, 3.63) is 17.3 Å². The minimum atomic E-state index is -0.612. The lowest BCUT2D eigenvalue weighted by molar-refractivity contribution is -0.0145. The highest BCUT2D eigenvalue weighted by Gasteiger charge is 2.36. The van der Waals surface area contributed by atoms with Gasteiger partial charge in [0.15, 0.2) is 0 Å². The van der Waals surface area contributed by atoms with Crippen molar-refractivity contribution >= 4 is 27.4 Å². The largest absolute Gasteiger partial charge is 0.388 e. The first-order chi connectivity index (χ1) is 9.89. The van der Waals surface area contributed by atoms with Gasteiger partial charge in [0.1, 0.15) is 12.1 Å². The van der Waals surface area contributed by atoms with Crippen molar-refractivity contribution in [1.29, 1.82) is 0 Å². The zero-order chi connectivity index (χ0) is 15.1. The Bertz CT molecular complexity index is 640. The molecule has 2 N–H and O–H groups in total. The van der Waals surface area contributed by atoms with Gasteiger partial charge in [-0.15, -0.1) is 11.3 Å². The molecule has 0 atom stereocenters. The Hall–Kier alpha value is -1.20. The van der Waals surface area contributed by atoms with Gasteiger partial charge in [0.25, 0.3) is 0 Å². The normalized spacial score (nSPS) is 20.6. The zero-order valence-electron chi connectivity index (χ0n) is 12.9. The number of rotatable bonds is 3.